The van der Waals surface area contributed by atoms with E-state index < -0.39 is 5.97 Å². The first-order chi connectivity index (χ1) is 13.8. The summed E-state index contributed by atoms with van der Waals surface area (Å²) in [6, 6.07) is 11.8. The number of Topliss-reactive ketones (excluding diaryl/α,β-unsaturated/α-hetero) is 1. The fourth-order valence-corrected chi connectivity index (χ4v) is 3.10. The third-order valence-corrected chi connectivity index (χ3v) is 4.52. The molecule has 7 nitrogen and oxygen atoms in total. The van der Waals surface area contributed by atoms with Crippen LogP contribution in [0.2, 0.25) is 0 Å². The first kappa shape index (κ1) is 20.1. The first-order valence-electron chi connectivity index (χ1n) is 9.12. The standard InChI is InChI=1S/C22H22N2O5/c1-14-10-20(15(2)24(14)12-19-8-5-9-28-19)21(26)13-29-22(27)17-6-4-7-18(11-17)23-16(3)25/h4-11H,12-13H2,1-3H3,(H,23,25). The van der Waals surface area contributed by atoms with Crippen LogP contribution < -0.4 is 5.32 Å². The van der Waals surface area contributed by atoms with Gasteiger partial charge >= 0.3 is 5.97 Å². The number of nitrogens with one attached hydrogen (secondary N) is 1. The lowest BCUT2D eigenvalue weighted by atomic mass is 10.1. The number of hydrogen-bond donors (Lipinski definition) is 1. The number of carbonyl (C=O) groups excluding carboxylic acids is 3. The molecule has 3 rings (SSSR count). The van der Waals surface area contributed by atoms with Crippen molar-refractivity contribution in [2.75, 3.05) is 11.9 Å². The molecule has 0 fully saturated rings. The lowest BCUT2D eigenvalue weighted by molar-refractivity contribution is -0.114. The number of anilines is 1. The minimum absolute atomic E-state index is 0.240. The van der Waals surface area contributed by atoms with E-state index >= 15 is 0 Å². The number of aromatic nitrogens is 1. The predicted octanol–water partition coefficient (Wildman–Crippen LogP) is 3.74. The highest BCUT2D eigenvalue weighted by atomic mass is 16.5. The number of aryl methyl sites for hydroxylation is 1. The van der Waals surface area contributed by atoms with E-state index in [0.717, 1.165) is 17.1 Å². The van der Waals surface area contributed by atoms with Crippen LogP contribution in [-0.4, -0.2) is 28.8 Å². The molecule has 7 heteroatoms. The van der Waals surface area contributed by atoms with Crippen LogP contribution in [0.5, 0.6) is 0 Å². The maximum atomic E-state index is 12.6. The summed E-state index contributed by atoms with van der Waals surface area (Å²) in [6.45, 7) is 5.29. The summed E-state index contributed by atoms with van der Waals surface area (Å²) in [7, 11) is 0. The molecule has 1 amide bonds. The minimum atomic E-state index is -0.630. The Hall–Kier alpha value is -3.61. The molecular formula is C22H22N2O5. The lowest BCUT2D eigenvalue weighted by Crippen LogP contribution is -2.15. The largest absolute Gasteiger partial charge is 0.467 e. The molecule has 0 aliphatic carbocycles. The number of furan rings is 1. The first-order valence-corrected chi connectivity index (χ1v) is 9.12. The van der Waals surface area contributed by atoms with Crippen LogP contribution in [0.4, 0.5) is 5.69 Å². The van der Waals surface area contributed by atoms with Crippen molar-refractivity contribution < 1.29 is 23.5 Å². The average Bonchev–Trinajstić information content (AvgIpc) is 3.29. The summed E-state index contributed by atoms with van der Waals surface area (Å²) in [5.74, 6) is -0.364. The maximum absolute atomic E-state index is 12.6. The topological polar surface area (TPSA) is 90.5 Å². The fraction of sp³-hybridized carbons (Fsp3) is 0.227. The molecule has 150 valence electrons. The average molecular weight is 394 g/mol. The predicted molar refractivity (Wildman–Crippen MR) is 107 cm³/mol. The summed E-state index contributed by atoms with van der Waals surface area (Å²) in [5.41, 5.74) is 2.95. The second kappa shape index (κ2) is 8.60. The minimum Gasteiger partial charge on any atom is -0.467 e. The van der Waals surface area contributed by atoms with Crippen LogP contribution >= 0.6 is 0 Å². The third-order valence-electron chi connectivity index (χ3n) is 4.52. The number of esters is 1. The van der Waals surface area contributed by atoms with Gasteiger partial charge in [0.2, 0.25) is 11.7 Å². The molecule has 1 N–H and O–H groups in total. The Morgan fingerprint density at radius 1 is 1.10 bits per heavy atom. The quantitative estimate of drug-likeness (QED) is 0.487. The number of nitrogens with zero attached hydrogens (tertiary/aromatic N) is 1. The van der Waals surface area contributed by atoms with Gasteiger partial charge in [0.15, 0.2) is 6.61 Å². The van der Waals surface area contributed by atoms with Crippen molar-refractivity contribution in [1.82, 2.24) is 4.57 Å². The number of ketones is 1. The molecular weight excluding hydrogens is 372 g/mol. The Morgan fingerprint density at radius 2 is 1.90 bits per heavy atom. The molecule has 29 heavy (non-hydrogen) atoms. The Bertz CT molecular complexity index is 1050. The molecule has 3 aromatic rings. The van der Waals surface area contributed by atoms with Crippen LogP contribution in [0, 0.1) is 13.8 Å². The molecule has 0 unspecified atom stereocenters. The van der Waals surface area contributed by atoms with E-state index in [0.29, 0.717) is 17.8 Å². The summed E-state index contributed by atoms with van der Waals surface area (Å²) >= 11 is 0. The monoisotopic (exact) mass is 394 g/mol. The molecule has 2 heterocycles. The number of rotatable bonds is 7. The molecule has 0 radical (unpaired) electrons. The number of ether oxygens (including phenoxy) is 1. The smallest absolute Gasteiger partial charge is 0.338 e. The van der Waals surface area contributed by atoms with Crippen molar-refractivity contribution >= 4 is 23.3 Å². The number of amides is 1. The SMILES string of the molecule is CC(=O)Nc1cccc(C(=O)OCC(=O)c2cc(C)n(Cc3ccco3)c2C)c1. The zero-order chi connectivity index (χ0) is 21.0. The van der Waals surface area contributed by atoms with Gasteiger partial charge in [0.25, 0.3) is 0 Å². The molecule has 0 spiro atoms. The summed E-state index contributed by atoms with van der Waals surface area (Å²) < 4.78 is 12.5. The Kier molecular flexibility index (Phi) is 5.97. The Balaban J connectivity index is 1.66. The van der Waals surface area contributed by atoms with Crippen LogP contribution in [0.3, 0.4) is 0 Å². The van der Waals surface area contributed by atoms with E-state index in [2.05, 4.69) is 5.32 Å². The van der Waals surface area contributed by atoms with Crippen molar-refractivity contribution in [2.45, 2.75) is 27.3 Å². The maximum Gasteiger partial charge on any atom is 0.338 e. The van der Waals surface area contributed by atoms with Crippen molar-refractivity contribution in [2.24, 2.45) is 0 Å². The van der Waals surface area contributed by atoms with E-state index in [-0.39, 0.29) is 23.9 Å². The Morgan fingerprint density at radius 3 is 2.59 bits per heavy atom. The molecule has 0 saturated carbocycles. The zero-order valence-electron chi connectivity index (χ0n) is 16.5. The van der Waals surface area contributed by atoms with Crippen molar-refractivity contribution in [3.05, 3.63) is 77.0 Å². The molecule has 0 bridgehead atoms. The molecule has 0 saturated heterocycles. The van der Waals surface area contributed by atoms with Gasteiger partial charge in [0, 0.05) is 29.6 Å². The van der Waals surface area contributed by atoms with E-state index in [4.69, 9.17) is 9.15 Å². The third kappa shape index (κ3) is 4.82. The number of carbonyl (C=O) groups is 3. The highest BCUT2D eigenvalue weighted by Gasteiger charge is 2.18. The van der Waals surface area contributed by atoms with Gasteiger partial charge in [-0.1, -0.05) is 6.07 Å². The second-order valence-corrected chi connectivity index (χ2v) is 6.71. The van der Waals surface area contributed by atoms with E-state index in [9.17, 15) is 14.4 Å². The molecule has 0 atom stereocenters. The fourth-order valence-electron chi connectivity index (χ4n) is 3.10. The highest BCUT2D eigenvalue weighted by molar-refractivity contribution is 6.00. The van der Waals surface area contributed by atoms with Crippen molar-refractivity contribution in [1.29, 1.82) is 0 Å². The second-order valence-electron chi connectivity index (χ2n) is 6.71. The van der Waals surface area contributed by atoms with E-state index in [1.165, 1.54) is 13.0 Å². The zero-order valence-corrected chi connectivity index (χ0v) is 16.5. The van der Waals surface area contributed by atoms with Gasteiger partial charge in [-0.05, 0) is 50.2 Å². The van der Waals surface area contributed by atoms with E-state index in [1.807, 2.05) is 30.5 Å². The van der Waals surface area contributed by atoms with Gasteiger partial charge in [0.1, 0.15) is 5.76 Å². The lowest BCUT2D eigenvalue weighted by Gasteiger charge is -2.08. The van der Waals surface area contributed by atoms with Gasteiger partial charge in [-0.2, -0.15) is 0 Å². The molecule has 0 aliphatic heterocycles. The van der Waals surface area contributed by atoms with Crippen molar-refractivity contribution in [3.63, 3.8) is 0 Å². The van der Waals surface area contributed by atoms with Crippen molar-refractivity contribution in [3.8, 4) is 0 Å². The van der Waals surface area contributed by atoms with Gasteiger partial charge in [-0.15, -0.1) is 0 Å². The number of benzene rings is 1. The van der Waals surface area contributed by atoms with E-state index in [1.54, 1.807) is 30.5 Å². The summed E-state index contributed by atoms with van der Waals surface area (Å²) in [6.07, 6.45) is 1.61. The van der Waals surface area contributed by atoms with Crippen LogP contribution in [-0.2, 0) is 16.1 Å². The Labute approximate surface area is 168 Å². The van der Waals surface area contributed by atoms with Crippen LogP contribution in [0.25, 0.3) is 0 Å². The summed E-state index contributed by atoms with van der Waals surface area (Å²) in [5, 5.41) is 2.60. The van der Waals surface area contributed by atoms with Gasteiger partial charge in [-0.25, -0.2) is 4.79 Å². The van der Waals surface area contributed by atoms with Crippen LogP contribution in [0.1, 0.15) is 44.8 Å². The van der Waals surface area contributed by atoms with Crippen LogP contribution in [0.15, 0.2) is 53.1 Å². The highest BCUT2D eigenvalue weighted by Crippen LogP contribution is 2.19. The van der Waals surface area contributed by atoms with Gasteiger partial charge in [0.05, 0.1) is 18.4 Å². The summed E-state index contributed by atoms with van der Waals surface area (Å²) in [4.78, 5) is 36.0. The number of hydrogen-bond acceptors (Lipinski definition) is 5. The molecule has 0 aliphatic rings. The van der Waals surface area contributed by atoms with Gasteiger partial charge < -0.3 is 19.0 Å². The molecule has 2 aromatic heterocycles. The van der Waals surface area contributed by atoms with Gasteiger partial charge in [-0.3, -0.25) is 9.59 Å². The molecule has 1 aromatic carbocycles. The normalized spacial score (nSPS) is 10.6.